The van der Waals surface area contributed by atoms with E-state index in [-0.39, 0.29) is 17.4 Å². The Balaban J connectivity index is 1.68. The molecule has 0 aliphatic carbocycles. The van der Waals surface area contributed by atoms with Crippen LogP contribution in [0.2, 0.25) is 0 Å². The van der Waals surface area contributed by atoms with Crippen molar-refractivity contribution in [2.45, 2.75) is 6.92 Å². The molecule has 7 heteroatoms. The number of aromatic hydroxyl groups is 1. The van der Waals surface area contributed by atoms with Gasteiger partial charge in [0.05, 0.1) is 5.56 Å². The summed E-state index contributed by atoms with van der Waals surface area (Å²) in [6.45, 7) is 1.97. The van der Waals surface area contributed by atoms with Crippen LogP contribution in [0.4, 0.5) is 5.69 Å². The predicted molar refractivity (Wildman–Crippen MR) is 100 cm³/mol. The molecule has 0 unspecified atom stereocenters. The Kier molecular flexibility index (Phi) is 4.00. The molecule has 0 aliphatic heterocycles. The minimum Gasteiger partial charge on any atom is -0.507 e. The number of hydrogen-bond acceptors (Lipinski definition) is 5. The number of aromatic nitrogens is 1. The Morgan fingerprint density at radius 3 is 2.73 bits per heavy atom. The highest BCUT2D eigenvalue weighted by Crippen LogP contribution is 2.33. The molecule has 6 nitrogen and oxygen atoms in total. The van der Waals surface area contributed by atoms with Crippen LogP contribution in [0, 0.1) is 6.92 Å². The van der Waals surface area contributed by atoms with E-state index in [2.05, 4.69) is 26.2 Å². The van der Waals surface area contributed by atoms with Crippen molar-refractivity contribution in [2.24, 2.45) is 0 Å². The van der Waals surface area contributed by atoms with Gasteiger partial charge in [-0.1, -0.05) is 6.07 Å². The van der Waals surface area contributed by atoms with Gasteiger partial charge < -0.3 is 19.3 Å². The number of phenolic OH excluding ortho intramolecular Hbond substituents is 1. The highest BCUT2D eigenvalue weighted by atomic mass is 79.9. The van der Waals surface area contributed by atoms with Crippen molar-refractivity contribution in [3.05, 3.63) is 64.5 Å². The van der Waals surface area contributed by atoms with Crippen molar-refractivity contribution in [3.63, 3.8) is 0 Å². The zero-order chi connectivity index (χ0) is 18.3. The molecule has 0 radical (unpaired) electrons. The number of amides is 1. The molecule has 2 N–H and O–H groups in total. The van der Waals surface area contributed by atoms with Crippen molar-refractivity contribution < 1.29 is 18.7 Å². The summed E-state index contributed by atoms with van der Waals surface area (Å²) in [4.78, 5) is 16.6. The molecular formula is C19H13BrN2O4. The van der Waals surface area contributed by atoms with Crippen LogP contribution in [-0.2, 0) is 0 Å². The van der Waals surface area contributed by atoms with Crippen molar-refractivity contribution in [3.8, 4) is 17.2 Å². The number of hydrogen-bond donors (Lipinski definition) is 2. The molecule has 130 valence electrons. The van der Waals surface area contributed by atoms with Gasteiger partial charge in [0, 0.05) is 5.69 Å². The molecule has 0 saturated heterocycles. The van der Waals surface area contributed by atoms with Crippen LogP contribution < -0.4 is 5.32 Å². The summed E-state index contributed by atoms with van der Waals surface area (Å²) in [6.07, 6.45) is 0. The number of nitrogens with zero attached hydrogens (tertiary/aromatic N) is 1. The maximum absolute atomic E-state index is 12.2. The Morgan fingerprint density at radius 2 is 1.96 bits per heavy atom. The third-order valence-electron chi connectivity index (χ3n) is 3.82. The number of phenols is 1. The number of benzene rings is 2. The first kappa shape index (κ1) is 16.4. The SMILES string of the molecule is Cc1ccc2oc(-c3cc(NC(=O)c4ccc(Br)o4)ccc3O)nc2c1. The number of rotatable bonds is 3. The third-order valence-corrected chi connectivity index (χ3v) is 4.25. The van der Waals surface area contributed by atoms with Gasteiger partial charge >= 0.3 is 0 Å². The van der Waals surface area contributed by atoms with E-state index in [9.17, 15) is 9.90 Å². The minimum atomic E-state index is -0.402. The zero-order valence-electron chi connectivity index (χ0n) is 13.6. The lowest BCUT2D eigenvalue weighted by molar-refractivity contribution is 0.0995. The lowest BCUT2D eigenvalue weighted by Crippen LogP contribution is -2.10. The van der Waals surface area contributed by atoms with Gasteiger partial charge in [0.15, 0.2) is 16.0 Å². The highest BCUT2D eigenvalue weighted by Gasteiger charge is 2.16. The lowest BCUT2D eigenvalue weighted by Gasteiger charge is -2.06. The number of aryl methyl sites for hydroxylation is 1. The number of carbonyl (C=O) groups excluding carboxylic acids is 1. The van der Waals surface area contributed by atoms with Crippen LogP contribution in [0.25, 0.3) is 22.6 Å². The first-order valence-electron chi connectivity index (χ1n) is 7.77. The molecule has 4 rings (SSSR count). The van der Waals surface area contributed by atoms with Gasteiger partial charge in [0.25, 0.3) is 5.91 Å². The summed E-state index contributed by atoms with van der Waals surface area (Å²) < 4.78 is 11.4. The molecule has 2 heterocycles. The van der Waals surface area contributed by atoms with Crippen molar-refractivity contribution in [2.75, 3.05) is 5.32 Å². The van der Waals surface area contributed by atoms with Gasteiger partial charge in [-0.2, -0.15) is 0 Å². The fourth-order valence-electron chi connectivity index (χ4n) is 2.57. The summed E-state index contributed by atoms with van der Waals surface area (Å²) in [5.74, 6) is 0.0522. The standard InChI is InChI=1S/C19H13BrN2O4/c1-10-2-5-15-13(8-10)22-19(26-15)12-9-11(3-4-14(12)23)21-18(24)16-6-7-17(20)25-16/h2-9,23H,1H3,(H,21,24). The molecular weight excluding hydrogens is 400 g/mol. The second-order valence-electron chi connectivity index (χ2n) is 5.78. The zero-order valence-corrected chi connectivity index (χ0v) is 15.2. The van der Waals surface area contributed by atoms with Gasteiger partial charge in [-0.3, -0.25) is 4.79 Å². The summed E-state index contributed by atoms with van der Waals surface area (Å²) in [6, 6.07) is 13.5. The molecule has 0 saturated carbocycles. The Hall–Kier alpha value is -3.06. The summed E-state index contributed by atoms with van der Waals surface area (Å²) in [7, 11) is 0. The van der Waals surface area contributed by atoms with E-state index in [0.717, 1.165) is 5.56 Å². The molecule has 26 heavy (non-hydrogen) atoms. The molecule has 2 aromatic carbocycles. The van der Waals surface area contributed by atoms with Gasteiger partial charge in [-0.15, -0.1) is 0 Å². The molecule has 4 aromatic rings. The fraction of sp³-hybridized carbons (Fsp3) is 0.0526. The van der Waals surface area contributed by atoms with Crippen LogP contribution in [-0.4, -0.2) is 16.0 Å². The molecule has 0 atom stereocenters. The van der Waals surface area contributed by atoms with E-state index in [1.54, 1.807) is 24.3 Å². The van der Waals surface area contributed by atoms with Gasteiger partial charge in [0.1, 0.15) is 11.3 Å². The van der Waals surface area contributed by atoms with Crippen LogP contribution in [0.3, 0.4) is 0 Å². The largest absolute Gasteiger partial charge is 0.507 e. The number of halogens is 1. The van der Waals surface area contributed by atoms with E-state index in [0.29, 0.717) is 27.0 Å². The van der Waals surface area contributed by atoms with Crippen LogP contribution >= 0.6 is 15.9 Å². The molecule has 0 fully saturated rings. The monoisotopic (exact) mass is 412 g/mol. The number of carbonyl (C=O) groups is 1. The number of fused-ring (bicyclic) bond motifs is 1. The summed E-state index contributed by atoms with van der Waals surface area (Å²) >= 11 is 3.16. The maximum Gasteiger partial charge on any atom is 0.291 e. The van der Waals surface area contributed by atoms with Crippen molar-refractivity contribution in [1.82, 2.24) is 4.98 Å². The van der Waals surface area contributed by atoms with Gasteiger partial charge in [-0.25, -0.2) is 4.98 Å². The Bertz CT molecular complexity index is 1130. The molecule has 2 aromatic heterocycles. The fourth-order valence-corrected chi connectivity index (χ4v) is 2.87. The average Bonchev–Trinajstić information content (AvgIpc) is 3.22. The second kappa shape index (κ2) is 6.34. The number of nitrogens with one attached hydrogen (secondary N) is 1. The quantitative estimate of drug-likeness (QED) is 0.456. The third kappa shape index (κ3) is 3.09. The van der Waals surface area contributed by atoms with E-state index >= 15 is 0 Å². The van der Waals surface area contributed by atoms with Crippen molar-refractivity contribution in [1.29, 1.82) is 0 Å². The molecule has 1 amide bonds. The molecule has 0 spiro atoms. The molecule has 0 aliphatic rings. The number of oxazole rings is 1. The normalized spacial score (nSPS) is 11.0. The topological polar surface area (TPSA) is 88.5 Å². The van der Waals surface area contributed by atoms with Crippen LogP contribution in [0.15, 0.2) is 62.0 Å². The summed E-state index contributed by atoms with van der Waals surface area (Å²) in [5, 5.41) is 12.9. The van der Waals surface area contributed by atoms with E-state index in [1.165, 1.54) is 6.07 Å². The maximum atomic E-state index is 12.2. The average molecular weight is 413 g/mol. The number of anilines is 1. The van der Waals surface area contributed by atoms with Crippen LogP contribution in [0.5, 0.6) is 5.75 Å². The highest BCUT2D eigenvalue weighted by molar-refractivity contribution is 9.10. The first-order valence-corrected chi connectivity index (χ1v) is 8.56. The minimum absolute atomic E-state index is 0.00650. The van der Waals surface area contributed by atoms with Crippen molar-refractivity contribution >= 4 is 38.6 Å². The first-order chi connectivity index (χ1) is 12.5. The molecule has 0 bridgehead atoms. The van der Waals surface area contributed by atoms with Gasteiger partial charge in [-0.05, 0) is 70.9 Å². The van der Waals surface area contributed by atoms with E-state index in [1.807, 2.05) is 25.1 Å². The predicted octanol–water partition coefficient (Wildman–Crippen LogP) is 5.12. The second-order valence-corrected chi connectivity index (χ2v) is 6.56. The van der Waals surface area contributed by atoms with E-state index < -0.39 is 5.91 Å². The van der Waals surface area contributed by atoms with Crippen LogP contribution in [0.1, 0.15) is 16.1 Å². The Labute approximate surface area is 156 Å². The smallest absolute Gasteiger partial charge is 0.291 e. The summed E-state index contributed by atoms with van der Waals surface area (Å²) in [5.41, 5.74) is 3.26. The lowest BCUT2D eigenvalue weighted by atomic mass is 10.1. The van der Waals surface area contributed by atoms with Gasteiger partial charge in [0.2, 0.25) is 5.89 Å². The van der Waals surface area contributed by atoms with E-state index in [4.69, 9.17) is 8.83 Å². The number of furan rings is 1. The Morgan fingerprint density at radius 1 is 1.12 bits per heavy atom.